The number of hydrogen-bond donors (Lipinski definition) is 2. The molecule has 1 saturated heterocycles. The second-order valence-corrected chi connectivity index (χ2v) is 7.43. The predicted molar refractivity (Wildman–Crippen MR) is 75.3 cm³/mol. The van der Waals surface area contributed by atoms with Crippen LogP contribution in [0.25, 0.3) is 0 Å². The Hall–Kier alpha value is -0.660. The monoisotopic (exact) mass is 291 g/mol. The number of nitrogens with one attached hydrogen (secondary N) is 2. The van der Waals surface area contributed by atoms with Crippen LogP contribution in [0.15, 0.2) is 0 Å². The van der Waals surface area contributed by atoms with Crippen LogP contribution in [-0.4, -0.2) is 56.1 Å². The molecule has 0 aromatic rings. The zero-order valence-corrected chi connectivity index (χ0v) is 12.8. The topological polar surface area (TPSA) is 78.5 Å². The smallest absolute Gasteiger partial charge is 0.234 e. The third kappa shape index (κ3) is 5.46. The molecule has 0 bridgehead atoms. The van der Waals surface area contributed by atoms with Crippen molar-refractivity contribution in [3.05, 3.63) is 0 Å². The zero-order chi connectivity index (χ0) is 14.5. The fraction of sp³-hybridized carbons (Fsp3) is 0.917. The van der Waals surface area contributed by atoms with Crippen LogP contribution in [0.4, 0.5) is 0 Å². The Morgan fingerprint density at radius 2 is 1.89 bits per heavy atom. The molecule has 0 spiro atoms. The average molecular weight is 291 g/mol. The summed E-state index contributed by atoms with van der Waals surface area (Å²) >= 11 is 0. The second kappa shape index (κ2) is 7.21. The fourth-order valence-corrected chi connectivity index (χ4v) is 3.17. The Morgan fingerprint density at radius 1 is 1.32 bits per heavy atom. The van der Waals surface area contributed by atoms with Crippen molar-refractivity contribution in [3.8, 4) is 0 Å². The van der Waals surface area contributed by atoms with Gasteiger partial charge in [-0.25, -0.2) is 12.7 Å². The summed E-state index contributed by atoms with van der Waals surface area (Å²) in [5.41, 5.74) is 0. The minimum atomic E-state index is -3.09. The summed E-state index contributed by atoms with van der Waals surface area (Å²) in [4.78, 5) is 11.6. The van der Waals surface area contributed by atoms with E-state index in [1.807, 2.05) is 13.8 Å². The molecule has 1 fully saturated rings. The molecule has 2 N–H and O–H groups in total. The SMILES string of the molecule is CCS(=O)(=O)N1CCC(NC(=O)CNC(C)C)CC1. The van der Waals surface area contributed by atoms with E-state index >= 15 is 0 Å². The lowest BCUT2D eigenvalue weighted by Crippen LogP contribution is -2.48. The summed E-state index contributed by atoms with van der Waals surface area (Å²) in [5, 5.41) is 6.00. The van der Waals surface area contributed by atoms with Crippen LogP contribution in [0.5, 0.6) is 0 Å². The van der Waals surface area contributed by atoms with E-state index in [-0.39, 0.29) is 23.7 Å². The maximum Gasteiger partial charge on any atom is 0.234 e. The van der Waals surface area contributed by atoms with E-state index in [4.69, 9.17) is 0 Å². The van der Waals surface area contributed by atoms with E-state index < -0.39 is 10.0 Å². The molecule has 0 aliphatic carbocycles. The molecule has 112 valence electrons. The van der Waals surface area contributed by atoms with Crippen LogP contribution in [0.2, 0.25) is 0 Å². The van der Waals surface area contributed by atoms with E-state index in [0.29, 0.717) is 32.5 Å². The Labute approximate surface area is 116 Å². The van der Waals surface area contributed by atoms with Gasteiger partial charge in [0, 0.05) is 25.2 Å². The van der Waals surface area contributed by atoms with Crippen LogP contribution in [-0.2, 0) is 14.8 Å². The molecule has 0 aromatic carbocycles. The van der Waals surface area contributed by atoms with Crippen molar-refractivity contribution in [3.63, 3.8) is 0 Å². The lowest BCUT2D eigenvalue weighted by atomic mass is 10.1. The average Bonchev–Trinajstić information content (AvgIpc) is 2.37. The molecule has 19 heavy (non-hydrogen) atoms. The highest BCUT2D eigenvalue weighted by Crippen LogP contribution is 2.14. The lowest BCUT2D eigenvalue weighted by Gasteiger charge is -2.31. The minimum absolute atomic E-state index is 0.0227. The molecule has 7 heteroatoms. The summed E-state index contributed by atoms with van der Waals surface area (Å²) < 4.78 is 24.9. The van der Waals surface area contributed by atoms with Gasteiger partial charge in [0.25, 0.3) is 0 Å². The zero-order valence-electron chi connectivity index (χ0n) is 12.0. The molecule has 1 rings (SSSR count). The fourth-order valence-electron chi connectivity index (χ4n) is 2.04. The first kappa shape index (κ1) is 16.4. The minimum Gasteiger partial charge on any atom is -0.352 e. The standard InChI is InChI=1S/C12H25N3O3S/c1-4-19(17,18)15-7-5-11(6-8-15)14-12(16)9-13-10(2)3/h10-11,13H,4-9H2,1-3H3,(H,14,16). The molecule has 1 heterocycles. The Morgan fingerprint density at radius 3 is 2.37 bits per heavy atom. The van der Waals surface area contributed by atoms with Crippen LogP contribution in [0, 0.1) is 0 Å². The third-order valence-corrected chi connectivity index (χ3v) is 5.13. The maximum absolute atomic E-state index is 11.7. The van der Waals surface area contributed by atoms with Gasteiger partial charge in [-0.2, -0.15) is 0 Å². The number of sulfonamides is 1. The molecule has 0 saturated carbocycles. The molecule has 0 unspecified atom stereocenters. The normalized spacial score (nSPS) is 18.7. The van der Waals surface area contributed by atoms with Crippen molar-refractivity contribution in [2.45, 2.75) is 45.7 Å². The first-order valence-corrected chi connectivity index (χ1v) is 8.46. The number of nitrogens with zero attached hydrogens (tertiary/aromatic N) is 1. The summed E-state index contributed by atoms with van der Waals surface area (Å²) in [5.74, 6) is 0.119. The molecular formula is C12H25N3O3S. The van der Waals surface area contributed by atoms with E-state index in [1.165, 1.54) is 4.31 Å². The second-order valence-electron chi connectivity index (χ2n) is 5.18. The van der Waals surface area contributed by atoms with E-state index in [0.717, 1.165) is 0 Å². The van der Waals surface area contributed by atoms with Crippen LogP contribution < -0.4 is 10.6 Å². The van der Waals surface area contributed by atoms with E-state index in [1.54, 1.807) is 6.92 Å². The number of hydrogen-bond acceptors (Lipinski definition) is 4. The quantitative estimate of drug-likeness (QED) is 0.717. The lowest BCUT2D eigenvalue weighted by molar-refractivity contribution is -0.121. The summed E-state index contributed by atoms with van der Waals surface area (Å²) in [6, 6.07) is 0.368. The number of piperidine rings is 1. The van der Waals surface area contributed by atoms with Crippen molar-refractivity contribution in [1.29, 1.82) is 0 Å². The Balaban J connectivity index is 2.32. The maximum atomic E-state index is 11.7. The first-order valence-electron chi connectivity index (χ1n) is 6.85. The molecule has 1 aliphatic heterocycles. The van der Waals surface area contributed by atoms with E-state index in [2.05, 4.69) is 10.6 Å². The van der Waals surface area contributed by atoms with Gasteiger partial charge < -0.3 is 10.6 Å². The van der Waals surface area contributed by atoms with E-state index in [9.17, 15) is 13.2 Å². The number of carbonyl (C=O) groups excluding carboxylic acids is 1. The van der Waals surface area contributed by atoms with Crippen molar-refractivity contribution < 1.29 is 13.2 Å². The van der Waals surface area contributed by atoms with Gasteiger partial charge in [-0.15, -0.1) is 0 Å². The molecule has 0 radical (unpaired) electrons. The molecule has 1 amide bonds. The molecule has 0 atom stereocenters. The highest BCUT2D eigenvalue weighted by Gasteiger charge is 2.27. The number of rotatable bonds is 6. The third-order valence-electron chi connectivity index (χ3n) is 3.25. The highest BCUT2D eigenvalue weighted by atomic mass is 32.2. The molecule has 6 nitrogen and oxygen atoms in total. The summed E-state index contributed by atoms with van der Waals surface area (Å²) in [6.45, 7) is 6.94. The van der Waals surface area contributed by atoms with Crippen LogP contribution >= 0.6 is 0 Å². The van der Waals surface area contributed by atoms with Crippen LogP contribution in [0.1, 0.15) is 33.6 Å². The van der Waals surface area contributed by atoms with Crippen molar-refractivity contribution in [1.82, 2.24) is 14.9 Å². The largest absolute Gasteiger partial charge is 0.352 e. The van der Waals surface area contributed by atoms with Gasteiger partial charge in [0.1, 0.15) is 0 Å². The van der Waals surface area contributed by atoms with Crippen LogP contribution in [0.3, 0.4) is 0 Å². The van der Waals surface area contributed by atoms with Gasteiger partial charge >= 0.3 is 0 Å². The molecule has 0 aromatic heterocycles. The van der Waals surface area contributed by atoms with Crippen molar-refractivity contribution in [2.24, 2.45) is 0 Å². The van der Waals surface area contributed by atoms with Crippen molar-refractivity contribution >= 4 is 15.9 Å². The van der Waals surface area contributed by atoms with Gasteiger partial charge in [0.2, 0.25) is 15.9 Å². The number of carbonyl (C=O) groups is 1. The number of amides is 1. The molecular weight excluding hydrogens is 266 g/mol. The molecule has 1 aliphatic rings. The van der Waals surface area contributed by atoms with Gasteiger partial charge in [-0.3, -0.25) is 4.79 Å². The summed E-state index contributed by atoms with van der Waals surface area (Å²) in [7, 11) is -3.09. The Bertz CT molecular complexity index is 387. The van der Waals surface area contributed by atoms with Crippen molar-refractivity contribution in [2.75, 3.05) is 25.4 Å². The van der Waals surface area contributed by atoms with Gasteiger partial charge in [0.15, 0.2) is 0 Å². The van der Waals surface area contributed by atoms with Gasteiger partial charge in [-0.05, 0) is 19.8 Å². The van der Waals surface area contributed by atoms with Gasteiger partial charge in [0.05, 0.1) is 12.3 Å². The highest BCUT2D eigenvalue weighted by molar-refractivity contribution is 7.89. The predicted octanol–water partition coefficient (Wildman–Crippen LogP) is -0.0853. The Kier molecular flexibility index (Phi) is 6.22. The first-order chi connectivity index (χ1) is 8.85. The van der Waals surface area contributed by atoms with Gasteiger partial charge in [-0.1, -0.05) is 13.8 Å². The summed E-state index contributed by atoms with van der Waals surface area (Å²) in [6.07, 6.45) is 1.37.